The third kappa shape index (κ3) is 6.00. The van der Waals surface area contributed by atoms with Crippen LogP contribution >= 0.6 is 0 Å². The molecule has 2 aliphatic rings. The lowest BCUT2D eigenvalue weighted by Gasteiger charge is -2.46. The Morgan fingerprint density at radius 2 is 1.05 bits per heavy atom. The van der Waals surface area contributed by atoms with E-state index < -0.39 is 16.6 Å². The van der Waals surface area contributed by atoms with Crippen LogP contribution in [0.5, 0.6) is 0 Å². The Morgan fingerprint density at radius 1 is 0.615 bits per heavy atom. The second-order valence-corrected chi connectivity index (χ2v) is 21.4. The second-order valence-electron chi connectivity index (χ2n) is 11.9. The third-order valence-corrected chi connectivity index (χ3v) is 19.9. The van der Waals surface area contributed by atoms with Gasteiger partial charge in [-0.15, -0.1) is 0 Å². The van der Waals surface area contributed by atoms with E-state index in [-0.39, 0.29) is 5.41 Å². The minimum atomic E-state index is -1.78. The molecule has 0 N–H and O–H groups in total. The Bertz CT molecular complexity index is 1050. The molecule has 39 heavy (non-hydrogen) atoms. The Morgan fingerprint density at radius 3 is 1.51 bits per heavy atom. The molecule has 2 aromatic rings. The maximum Gasteiger partial charge on any atom is 0.192 e. The van der Waals surface area contributed by atoms with Gasteiger partial charge in [-0.05, 0) is 71.4 Å². The van der Waals surface area contributed by atoms with E-state index in [1.54, 1.807) is 0 Å². The average Bonchev–Trinajstić information content (AvgIpc) is 3.63. The van der Waals surface area contributed by atoms with Gasteiger partial charge in [0.15, 0.2) is 16.6 Å². The maximum absolute atomic E-state index is 7.30. The molecule has 0 saturated heterocycles. The van der Waals surface area contributed by atoms with E-state index >= 15 is 0 Å². The van der Waals surface area contributed by atoms with Crippen LogP contribution in [0.1, 0.15) is 88.5 Å². The van der Waals surface area contributed by atoms with Gasteiger partial charge in [-0.3, -0.25) is 0 Å². The minimum Gasteiger partial charge on any atom is -0.417 e. The van der Waals surface area contributed by atoms with Crippen LogP contribution in [0.4, 0.5) is 0 Å². The maximum atomic E-state index is 7.30. The summed E-state index contributed by atoms with van der Waals surface area (Å²) in [5.41, 5.74) is 5.63. The Labute approximate surface area is 241 Å². The van der Waals surface area contributed by atoms with Gasteiger partial charge in [-0.1, -0.05) is 114 Å². The molecule has 4 heteroatoms. The van der Waals surface area contributed by atoms with Crippen LogP contribution in [0.25, 0.3) is 12.2 Å². The van der Waals surface area contributed by atoms with Crippen LogP contribution in [-0.2, 0) is 8.85 Å². The standard InChI is InChI=1S/C35H52O2Si2/c1-7-38(8-2,9-3)36-27-17-26-35(28-37-39(10-4,11-5)12-6,33-24-22-29-18-13-15-20-31(29)33)34-25-23-30-19-14-16-21-32(30)34/h13-16,18-25,33-34H,7-12,17,26-28H2,1-6H3. The van der Waals surface area contributed by atoms with E-state index in [2.05, 4.69) is 114 Å². The molecule has 0 aliphatic heterocycles. The van der Waals surface area contributed by atoms with Crippen molar-refractivity contribution in [2.24, 2.45) is 5.41 Å². The van der Waals surface area contributed by atoms with Crippen LogP contribution in [0.15, 0.2) is 60.7 Å². The molecule has 0 spiro atoms. The molecular weight excluding hydrogens is 509 g/mol. The quantitative estimate of drug-likeness (QED) is 0.150. The Kier molecular flexibility index (Phi) is 10.3. The summed E-state index contributed by atoms with van der Waals surface area (Å²) >= 11 is 0. The number of hydrogen-bond acceptors (Lipinski definition) is 2. The summed E-state index contributed by atoms with van der Waals surface area (Å²) in [5, 5.41) is 0. The molecule has 2 aromatic carbocycles. The lowest BCUT2D eigenvalue weighted by Crippen LogP contribution is -2.45. The van der Waals surface area contributed by atoms with Crippen molar-refractivity contribution < 1.29 is 8.85 Å². The van der Waals surface area contributed by atoms with E-state index in [9.17, 15) is 0 Å². The number of hydrogen-bond donors (Lipinski definition) is 0. The molecule has 0 radical (unpaired) electrons. The molecule has 2 nitrogen and oxygen atoms in total. The average molecular weight is 561 g/mol. The van der Waals surface area contributed by atoms with Crippen molar-refractivity contribution in [3.63, 3.8) is 0 Å². The van der Waals surface area contributed by atoms with Crippen molar-refractivity contribution in [1.29, 1.82) is 0 Å². The van der Waals surface area contributed by atoms with Crippen molar-refractivity contribution in [3.05, 3.63) is 82.9 Å². The SMILES string of the molecule is CC[Si](CC)(CC)OCCCC(CO[Si](CC)(CC)CC)(C1C=Cc2ccccc21)C1C=Cc2ccccc21. The topological polar surface area (TPSA) is 18.5 Å². The van der Waals surface area contributed by atoms with Crippen LogP contribution in [0.3, 0.4) is 0 Å². The van der Waals surface area contributed by atoms with Crippen molar-refractivity contribution in [2.45, 2.75) is 102 Å². The summed E-state index contributed by atoms with van der Waals surface area (Å²) in [7, 11) is -3.39. The molecule has 0 amide bonds. The highest BCUT2D eigenvalue weighted by atomic mass is 28.4. The highest BCUT2D eigenvalue weighted by molar-refractivity contribution is 6.74. The van der Waals surface area contributed by atoms with Crippen molar-refractivity contribution >= 4 is 28.8 Å². The zero-order chi connectivity index (χ0) is 27.9. The van der Waals surface area contributed by atoms with Crippen LogP contribution in [0, 0.1) is 5.41 Å². The zero-order valence-electron chi connectivity index (χ0n) is 25.5. The molecule has 212 valence electrons. The largest absolute Gasteiger partial charge is 0.417 e. The van der Waals surface area contributed by atoms with Gasteiger partial charge >= 0.3 is 0 Å². The molecule has 2 atom stereocenters. The summed E-state index contributed by atoms with van der Waals surface area (Å²) in [6, 6.07) is 25.3. The van der Waals surface area contributed by atoms with E-state index in [0.29, 0.717) is 11.8 Å². The summed E-state index contributed by atoms with van der Waals surface area (Å²) in [6.07, 6.45) is 11.9. The first-order valence-corrected chi connectivity index (χ1v) is 20.8. The van der Waals surface area contributed by atoms with Gasteiger partial charge < -0.3 is 8.85 Å². The highest BCUT2D eigenvalue weighted by Gasteiger charge is 2.49. The van der Waals surface area contributed by atoms with Gasteiger partial charge in [0.1, 0.15) is 0 Å². The molecule has 0 fully saturated rings. The van der Waals surface area contributed by atoms with Gasteiger partial charge in [0.05, 0.1) is 0 Å². The fraction of sp³-hybridized carbons (Fsp3) is 0.543. The summed E-state index contributed by atoms with van der Waals surface area (Å²) in [4.78, 5) is 0. The first kappa shape index (κ1) is 30.2. The molecule has 2 aliphatic carbocycles. The molecule has 0 bridgehead atoms. The number of fused-ring (bicyclic) bond motifs is 2. The highest BCUT2D eigenvalue weighted by Crippen LogP contribution is 2.57. The Hall–Kier alpha value is -1.73. The molecule has 2 unspecified atom stereocenters. The summed E-state index contributed by atoms with van der Waals surface area (Å²) in [5.74, 6) is 0.662. The van der Waals surface area contributed by atoms with Gasteiger partial charge in [-0.25, -0.2) is 0 Å². The lowest BCUT2D eigenvalue weighted by molar-refractivity contribution is 0.0853. The predicted molar refractivity (Wildman–Crippen MR) is 174 cm³/mol. The smallest absolute Gasteiger partial charge is 0.192 e. The molecule has 4 rings (SSSR count). The third-order valence-electron chi connectivity index (χ3n) is 10.5. The monoisotopic (exact) mass is 560 g/mol. The van der Waals surface area contributed by atoms with Crippen LogP contribution in [-0.4, -0.2) is 29.8 Å². The summed E-state index contributed by atoms with van der Waals surface area (Å²) in [6.45, 7) is 15.8. The molecule has 0 saturated carbocycles. The summed E-state index contributed by atoms with van der Waals surface area (Å²) < 4.78 is 14.1. The van der Waals surface area contributed by atoms with Crippen LogP contribution in [0.2, 0.25) is 36.3 Å². The van der Waals surface area contributed by atoms with Gasteiger partial charge in [0.25, 0.3) is 0 Å². The Balaban J connectivity index is 1.75. The number of allylic oxidation sites excluding steroid dienone is 2. The minimum absolute atomic E-state index is 0.0534. The normalized spacial score (nSPS) is 19.7. The predicted octanol–water partition coefficient (Wildman–Crippen LogP) is 10.4. The molecule has 0 heterocycles. The fourth-order valence-corrected chi connectivity index (χ4v) is 12.7. The molecular formula is C35H52O2Si2. The number of rotatable bonds is 16. The van der Waals surface area contributed by atoms with Gasteiger partial charge in [0, 0.05) is 30.5 Å². The van der Waals surface area contributed by atoms with Crippen molar-refractivity contribution in [1.82, 2.24) is 0 Å². The van der Waals surface area contributed by atoms with Gasteiger partial charge in [0.2, 0.25) is 0 Å². The lowest BCUT2D eigenvalue weighted by atomic mass is 9.61. The fourth-order valence-electron chi connectivity index (χ4n) is 7.35. The zero-order valence-corrected chi connectivity index (χ0v) is 27.5. The number of benzene rings is 2. The van der Waals surface area contributed by atoms with Gasteiger partial charge in [-0.2, -0.15) is 0 Å². The van der Waals surface area contributed by atoms with E-state index in [4.69, 9.17) is 8.85 Å². The second kappa shape index (κ2) is 13.3. The van der Waals surface area contributed by atoms with Crippen molar-refractivity contribution in [2.75, 3.05) is 13.2 Å². The van der Waals surface area contributed by atoms with Crippen LogP contribution < -0.4 is 0 Å². The van der Waals surface area contributed by atoms with E-state index in [1.165, 1.54) is 58.5 Å². The first-order chi connectivity index (χ1) is 19.0. The van der Waals surface area contributed by atoms with Crippen molar-refractivity contribution in [3.8, 4) is 0 Å². The first-order valence-electron chi connectivity index (χ1n) is 15.8. The van der Waals surface area contributed by atoms with E-state index in [0.717, 1.165) is 26.1 Å². The molecule has 0 aromatic heterocycles. The van der Waals surface area contributed by atoms with E-state index in [1.807, 2.05) is 0 Å².